The van der Waals surface area contributed by atoms with Crippen LogP contribution in [0.3, 0.4) is 0 Å². The monoisotopic (exact) mass is 200 g/mol. The van der Waals surface area contributed by atoms with Crippen LogP contribution in [0.25, 0.3) is 0 Å². The van der Waals surface area contributed by atoms with Gasteiger partial charge >= 0.3 is 0 Å². The zero-order chi connectivity index (χ0) is 11.0. The molecule has 0 saturated heterocycles. The second-order valence-electron chi connectivity index (χ2n) is 4.23. The largest absolute Gasteiger partial charge is 0.356 e. The van der Waals surface area contributed by atoms with Crippen LogP contribution in [0.15, 0.2) is 0 Å². The highest BCUT2D eigenvalue weighted by molar-refractivity contribution is 5.76. The summed E-state index contributed by atoms with van der Waals surface area (Å²) in [5.41, 5.74) is 5.52. The molecule has 0 radical (unpaired) electrons. The molecular formula is C11H24N2O. The summed E-state index contributed by atoms with van der Waals surface area (Å²) >= 11 is 0. The lowest BCUT2D eigenvalue weighted by molar-refractivity contribution is -0.122. The van der Waals surface area contributed by atoms with Crippen LogP contribution < -0.4 is 11.1 Å². The maximum Gasteiger partial charge on any atom is 0.220 e. The maximum absolute atomic E-state index is 11.4. The standard InChI is InChI=1S/C11H24N2O/c1-4-13-11(14)8-10(5-6-12)7-9(2)3/h9-10H,4-8,12H2,1-3H3,(H,13,14). The van der Waals surface area contributed by atoms with Gasteiger partial charge in [-0.25, -0.2) is 0 Å². The summed E-state index contributed by atoms with van der Waals surface area (Å²) in [7, 11) is 0. The number of rotatable bonds is 7. The highest BCUT2D eigenvalue weighted by Gasteiger charge is 2.13. The summed E-state index contributed by atoms with van der Waals surface area (Å²) in [6.45, 7) is 7.70. The molecule has 84 valence electrons. The van der Waals surface area contributed by atoms with Gasteiger partial charge in [-0.05, 0) is 38.1 Å². The van der Waals surface area contributed by atoms with Gasteiger partial charge in [-0.2, -0.15) is 0 Å². The van der Waals surface area contributed by atoms with E-state index < -0.39 is 0 Å². The van der Waals surface area contributed by atoms with Crippen LogP contribution in [-0.4, -0.2) is 19.0 Å². The lowest BCUT2D eigenvalue weighted by Gasteiger charge is -2.17. The molecule has 0 aliphatic rings. The number of carbonyl (C=O) groups is 1. The van der Waals surface area contributed by atoms with Gasteiger partial charge in [0.1, 0.15) is 0 Å². The van der Waals surface area contributed by atoms with Crippen LogP contribution >= 0.6 is 0 Å². The topological polar surface area (TPSA) is 55.1 Å². The molecule has 1 unspecified atom stereocenters. The molecule has 0 heterocycles. The van der Waals surface area contributed by atoms with Crippen LogP contribution in [0.2, 0.25) is 0 Å². The van der Waals surface area contributed by atoms with Crippen molar-refractivity contribution in [3.8, 4) is 0 Å². The van der Waals surface area contributed by atoms with Gasteiger partial charge in [0.2, 0.25) is 5.91 Å². The van der Waals surface area contributed by atoms with Crippen molar-refractivity contribution in [1.82, 2.24) is 5.32 Å². The molecule has 3 heteroatoms. The van der Waals surface area contributed by atoms with E-state index in [4.69, 9.17) is 5.73 Å². The third kappa shape index (κ3) is 6.89. The Morgan fingerprint density at radius 2 is 2.07 bits per heavy atom. The van der Waals surface area contributed by atoms with Crippen LogP contribution in [0.1, 0.15) is 40.0 Å². The van der Waals surface area contributed by atoms with Crippen LogP contribution in [0, 0.1) is 11.8 Å². The molecule has 3 N–H and O–H groups in total. The second-order valence-corrected chi connectivity index (χ2v) is 4.23. The SMILES string of the molecule is CCNC(=O)CC(CCN)CC(C)C. The molecular weight excluding hydrogens is 176 g/mol. The molecule has 0 aliphatic carbocycles. The van der Waals surface area contributed by atoms with E-state index in [1.54, 1.807) is 0 Å². The Kier molecular flexibility index (Phi) is 7.48. The van der Waals surface area contributed by atoms with Crippen LogP contribution in [-0.2, 0) is 4.79 Å². The van der Waals surface area contributed by atoms with Crippen molar-refractivity contribution >= 4 is 5.91 Å². The highest BCUT2D eigenvalue weighted by atomic mass is 16.1. The van der Waals surface area contributed by atoms with Crippen molar-refractivity contribution in [1.29, 1.82) is 0 Å². The predicted octanol–water partition coefficient (Wildman–Crippen LogP) is 1.52. The second kappa shape index (κ2) is 7.80. The molecule has 0 spiro atoms. The molecule has 0 aliphatic heterocycles. The minimum Gasteiger partial charge on any atom is -0.356 e. The first-order chi connectivity index (χ1) is 6.60. The van der Waals surface area contributed by atoms with Gasteiger partial charge in [0.25, 0.3) is 0 Å². The van der Waals surface area contributed by atoms with Crippen molar-refractivity contribution in [2.75, 3.05) is 13.1 Å². The van der Waals surface area contributed by atoms with E-state index in [2.05, 4.69) is 19.2 Å². The molecule has 14 heavy (non-hydrogen) atoms. The van der Waals surface area contributed by atoms with Crippen molar-refractivity contribution in [3.05, 3.63) is 0 Å². The quantitative estimate of drug-likeness (QED) is 0.654. The third-order valence-electron chi connectivity index (χ3n) is 2.23. The van der Waals surface area contributed by atoms with Gasteiger partial charge in [0.05, 0.1) is 0 Å². The van der Waals surface area contributed by atoms with Crippen molar-refractivity contribution in [2.24, 2.45) is 17.6 Å². The van der Waals surface area contributed by atoms with Crippen LogP contribution in [0.5, 0.6) is 0 Å². The Morgan fingerprint density at radius 1 is 1.43 bits per heavy atom. The third-order valence-corrected chi connectivity index (χ3v) is 2.23. The molecule has 0 fully saturated rings. The maximum atomic E-state index is 11.4. The number of hydrogen-bond donors (Lipinski definition) is 2. The number of nitrogens with two attached hydrogens (primary N) is 1. The Morgan fingerprint density at radius 3 is 2.50 bits per heavy atom. The fourth-order valence-electron chi connectivity index (χ4n) is 1.74. The van der Waals surface area contributed by atoms with Gasteiger partial charge in [-0.15, -0.1) is 0 Å². The van der Waals surface area contributed by atoms with Crippen molar-refractivity contribution in [2.45, 2.75) is 40.0 Å². The van der Waals surface area contributed by atoms with Gasteiger partial charge in [-0.3, -0.25) is 4.79 Å². The molecule has 1 amide bonds. The normalized spacial score (nSPS) is 12.9. The van der Waals surface area contributed by atoms with Gasteiger partial charge in [0, 0.05) is 13.0 Å². The summed E-state index contributed by atoms with van der Waals surface area (Å²) in [6.07, 6.45) is 2.67. The Bertz CT molecular complexity index is 157. The number of carbonyl (C=O) groups excluding carboxylic acids is 1. The molecule has 3 nitrogen and oxygen atoms in total. The van der Waals surface area contributed by atoms with Gasteiger partial charge in [-0.1, -0.05) is 13.8 Å². The summed E-state index contributed by atoms with van der Waals surface area (Å²) in [6, 6.07) is 0. The summed E-state index contributed by atoms with van der Waals surface area (Å²) < 4.78 is 0. The first-order valence-electron chi connectivity index (χ1n) is 5.56. The highest BCUT2D eigenvalue weighted by Crippen LogP contribution is 2.18. The molecule has 0 bridgehead atoms. The average Bonchev–Trinajstić information content (AvgIpc) is 2.03. The number of nitrogens with one attached hydrogen (secondary N) is 1. The van der Waals surface area contributed by atoms with Gasteiger partial charge in [0.15, 0.2) is 0 Å². The van der Waals surface area contributed by atoms with Crippen molar-refractivity contribution < 1.29 is 4.79 Å². The molecule has 0 saturated carbocycles. The van der Waals surface area contributed by atoms with E-state index in [-0.39, 0.29) is 5.91 Å². The van der Waals surface area contributed by atoms with Crippen molar-refractivity contribution in [3.63, 3.8) is 0 Å². The number of amides is 1. The molecule has 0 aromatic carbocycles. The molecule has 0 rings (SSSR count). The first-order valence-corrected chi connectivity index (χ1v) is 5.56. The Balaban J connectivity index is 3.88. The summed E-state index contributed by atoms with van der Waals surface area (Å²) in [5.74, 6) is 1.25. The minimum atomic E-state index is 0.159. The lowest BCUT2D eigenvalue weighted by Crippen LogP contribution is -2.26. The van der Waals surface area contributed by atoms with E-state index in [1.165, 1.54) is 0 Å². The van der Waals surface area contributed by atoms with Gasteiger partial charge < -0.3 is 11.1 Å². The smallest absolute Gasteiger partial charge is 0.220 e. The van der Waals surface area contributed by atoms with Crippen LogP contribution in [0.4, 0.5) is 0 Å². The fraction of sp³-hybridized carbons (Fsp3) is 0.909. The summed E-state index contributed by atoms with van der Waals surface area (Å²) in [5, 5.41) is 2.83. The summed E-state index contributed by atoms with van der Waals surface area (Å²) in [4.78, 5) is 11.4. The minimum absolute atomic E-state index is 0.159. The fourth-order valence-corrected chi connectivity index (χ4v) is 1.74. The number of hydrogen-bond acceptors (Lipinski definition) is 2. The van der Waals surface area contributed by atoms with E-state index >= 15 is 0 Å². The van der Waals surface area contributed by atoms with E-state index in [0.717, 1.165) is 19.4 Å². The van der Waals surface area contributed by atoms with E-state index in [1.807, 2.05) is 6.92 Å². The zero-order valence-electron chi connectivity index (χ0n) is 9.68. The Hall–Kier alpha value is -0.570. The molecule has 0 aromatic heterocycles. The Labute approximate surface area is 87.4 Å². The predicted molar refractivity (Wildman–Crippen MR) is 59.9 cm³/mol. The first kappa shape index (κ1) is 13.4. The van der Waals surface area contributed by atoms with E-state index in [9.17, 15) is 4.79 Å². The lowest BCUT2D eigenvalue weighted by atomic mass is 9.91. The molecule has 1 atom stereocenters. The molecule has 0 aromatic rings. The average molecular weight is 200 g/mol. The zero-order valence-corrected chi connectivity index (χ0v) is 9.68. The van der Waals surface area contributed by atoms with E-state index in [0.29, 0.717) is 24.8 Å².